The first-order chi connectivity index (χ1) is 21.3. The van der Waals surface area contributed by atoms with Crippen molar-refractivity contribution in [3.8, 4) is 0 Å². The number of hydrogen-bond acceptors (Lipinski definition) is 18. The van der Waals surface area contributed by atoms with Crippen LogP contribution >= 0.6 is 14.9 Å². The van der Waals surface area contributed by atoms with E-state index in [1.54, 1.807) is 0 Å². The topological polar surface area (TPSA) is 289 Å². The van der Waals surface area contributed by atoms with Crippen molar-refractivity contribution < 1.29 is 46.9 Å². The van der Waals surface area contributed by atoms with Crippen molar-refractivity contribution in [2.45, 2.75) is 49.1 Å². The van der Waals surface area contributed by atoms with Crippen molar-refractivity contribution in [1.82, 2.24) is 39.0 Å². The van der Waals surface area contributed by atoms with Gasteiger partial charge in [0.05, 0.1) is 25.9 Å². The Labute approximate surface area is 253 Å². The van der Waals surface area contributed by atoms with Gasteiger partial charge in [-0.25, -0.2) is 19.9 Å². The number of aliphatic hydroxyl groups is 2. The fourth-order valence-corrected chi connectivity index (χ4v) is 7.84. The van der Waals surface area contributed by atoms with Gasteiger partial charge in [0, 0.05) is 0 Å². The molecule has 0 aromatic carbocycles. The van der Waals surface area contributed by atoms with Gasteiger partial charge in [-0.1, -0.05) is 0 Å². The van der Waals surface area contributed by atoms with Gasteiger partial charge in [-0.15, -0.1) is 0 Å². The van der Waals surface area contributed by atoms with Crippen LogP contribution in [0.4, 0.5) is 11.8 Å². The molecule has 3 saturated heterocycles. The van der Waals surface area contributed by atoms with E-state index in [1.807, 2.05) is 0 Å². The number of ether oxygens (including phenoxy) is 2. The Morgan fingerprint density at radius 2 is 1.47 bits per heavy atom. The van der Waals surface area contributed by atoms with Crippen LogP contribution in [0, 0.1) is 0 Å². The molecule has 0 amide bonds. The number of aliphatic hydroxyl groups excluding tert-OH is 2. The molecule has 238 valence electrons. The lowest BCUT2D eigenvalue weighted by atomic mass is 10.1. The number of hydrogen-bond donors (Lipinski definition) is 5. The standard InChI is InChI=1S/C20H26B2N10O11P2/c21-44(36)38-1-6-10(33)13(19(40-6)32-5-28-9-16(32)29-20(24)30-17(9)35)43-45(22,37)39-2-7-12(42-44)11(34)18(41-7)31-4-27-8-14(23)25-3-26-15(8)31/h3-7,10-13,18-19,33-34H,1-2,21-22H2,(H2,23,25,26)(H3,24,29,30,35)/t6?,7?,10?,11?,12?,13?,18?,19?,44-,45-/m0/s1. The summed E-state index contributed by atoms with van der Waals surface area (Å²) in [6.07, 6.45) is -6.66. The molecular formula is C20H26B2N10O11P2. The molecule has 7 rings (SSSR count). The zero-order valence-corrected chi connectivity index (χ0v) is 25.3. The van der Waals surface area contributed by atoms with Crippen molar-refractivity contribution >= 4 is 64.2 Å². The minimum Gasteiger partial charge on any atom is -0.387 e. The van der Waals surface area contributed by atoms with Crippen LogP contribution in [0.2, 0.25) is 0 Å². The van der Waals surface area contributed by atoms with E-state index >= 15 is 0 Å². The molecule has 3 aliphatic heterocycles. The molecule has 0 radical (unpaired) electrons. The van der Waals surface area contributed by atoms with Crippen LogP contribution in [-0.2, 0) is 36.7 Å². The van der Waals surface area contributed by atoms with Gasteiger partial charge in [0.15, 0.2) is 35.1 Å². The third kappa shape index (κ3) is 5.38. The highest BCUT2D eigenvalue weighted by Gasteiger charge is 2.52. The highest BCUT2D eigenvalue weighted by molar-refractivity contribution is 7.79. The van der Waals surface area contributed by atoms with E-state index in [0.29, 0.717) is 0 Å². The average Bonchev–Trinajstić information content (AvgIpc) is 3.72. The molecular weight excluding hydrogens is 640 g/mol. The summed E-state index contributed by atoms with van der Waals surface area (Å²) < 4.78 is 64.9. The first-order valence-electron chi connectivity index (χ1n) is 13.5. The van der Waals surface area contributed by atoms with Gasteiger partial charge in [0.25, 0.3) is 35.6 Å². The Morgan fingerprint density at radius 3 is 2.20 bits per heavy atom. The monoisotopic (exact) mass is 666 g/mol. The number of fused-ring (bicyclic) bond motifs is 5. The largest absolute Gasteiger partial charge is 0.387 e. The fraction of sp³-hybridized carbons (Fsp3) is 0.500. The zero-order valence-electron chi connectivity index (χ0n) is 23.5. The lowest BCUT2D eigenvalue weighted by molar-refractivity contribution is -0.0578. The highest BCUT2D eigenvalue weighted by atomic mass is 31.2. The molecule has 0 aliphatic carbocycles. The number of rotatable bonds is 2. The highest BCUT2D eigenvalue weighted by Crippen LogP contribution is 2.53. The SMILES string of the molecule is B[P@]1(=O)OCC2OC(n3cnc4c(=O)[nH]c(N)nc43)C(O[P@@](B)(=O)OCC3OC(n4cnc5c(N)ncnc54)C(O)C3O1)C2O. The molecule has 21 nitrogen and oxygen atoms in total. The Balaban J connectivity index is 1.21. The van der Waals surface area contributed by atoms with E-state index in [2.05, 4.69) is 29.9 Å². The summed E-state index contributed by atoms with van der Waals surface area (Å²) in [5.74, 6) is -0.0944. The van der Waals surface area contributed by atoms with E-state index in [-0.39, 0.29) is 34.1 Å². The van der Waals surface area contributed by atoms with Crippen LogP contribution in [0.1, 0.15) is 12.5 Å². The number of H-pyrrole nitrogens is 1. The van der Waals surface area contributed by atoms with Crippen molar-refractivity contribution in [3.05, 3.63) is 29.3 Å². The number of imidazole rings is 2. The predicted octanol–water partition coefficient (Wildman–Crippen LogP) is -3.06. The molecule has 8 unspecified atom stereocenters. The Morgan fingerprint density at radius 1 is 0.844 bits per heavy atom. The van der Waals surface area contributed by atoms with Crippen LogP contribution < -0.4 is 17.0 Å². The molecule has 7 N–H and O–H groups in total. The lowest BCUT2D eigenvalue weighted by Gasteiger charge is -2.27. The Bertz CT molecular complexity index is 1940. The van der Waals surface area contributed by atoms with Gasteiger partial charge >= 0.3 is 0 Å². The quantitative estimate of drug-likeness (QED) is 0.105. The number of anilines is 2. The average molecular weight is 666 g/mol. The third-order valence-corrected chi connectivity index (χ3v) is 10.1. The summed E-state index contributed by atoms with van der Waals surface area (Å²) in [5.41, 5.74) is 11.4. The number of aromatic nitrogens is 8. The van der Waals surface area contributed by atoms with Crippen molar-refractivity contribution in [2.75, 3.05) is 24.7 Å². The van der Waals surface area contributed by atoms with Crippen LogP contribution in [0.3, 0.4) is 0 Å². The van der Waals surface area contributed by atoms with Crippen molar-refractivity contribution in [3.63, 3.8) is 0 Å². The molecule has 10 atom stereocenters. The molecule has 3 aliphatic rings. The van der Waals surface area contributed by atoms with Crippen molar-refractivity contribution in [2.24, 2.45) is 0 Å². The maximum atomic E-state index is 13.7. The third-order valence-electron chi connectivity index (χ3n) is 7.58. The maximum absolute atomic E-state index is 13.7. The second kappa shape index (κ2) is 10.9. The minimum absolute atomic E-state index is 0.00219. The summed E-state index contributed by atoms with van der Waals surface area (Å²) in [6, 6.07) is 0. The molecule has 3 fully saturated rings. The first kappa shape index (κ1) is 30.4. The molecule has 2 bridgehead atoms. The van der Waals surface area contributed by atoms with Gasteiger partial charge in [-0.2, -0.15) is 4.98 Å². The number of nitrogens with two attached hydrogens (primary N) is 2. The second-order valence-electron chi connectivity index (χ2n) is 10.7. The minimum atomic E-state index is -4.05. The van der Waals surface area contributed by atoms with Crippen LogP contribution in [-0.4, -0.2) is 114 Å². The van der Waals surface area contributed by atoms with Crippen LogP contribution in [0.25, 0.3) is 22.3 Å². The normalized spacial score (nSPS) is 37.6. The molecule has 7 heterocycles. The van der Waals surface area contributed by atoms with Gasteiger partial charge in [0.2, 0.25) is 5.95 Å². The van der Waals surface area contributed by atoms with E-state index in [1.165, 1.54) is 43.2 Å². The number of nitrogen functional groups attached to an aromatic ring is 2. The summed E-state index contributed by atoms with van der Waals surface area (Å²) in [5, 5.41) is 22.5. The molecule has 45 heavy (non-hydrogen) atoms. The summed E-state index contributed by atoms with van der Waals surface area (Å²) in [4.78, 5) is 35.1. The molecule has 4 aromatic rings. The Hall–Kier alpha value is -3.23. The van der Waals surface area contributed by atoms with Gasteiger partial charge < -0.3 is 49.2 Å². The Kier molecular flexibility index (Phi) is 7.40. The van der Waals surface area contributed by atoms with E-state index in [0.717, 1.165) is 0 Å². The number of nitrogens with zero attached hydrogens (tertiary/aromatic N) is 7. The van der Waals surface area contributed by atoms with Crippen LogP contribution in [0.5, 0.6) is 0 Å². The molecule has 0 saturated carbocycles. The predicted molar refractivity (Wildman–Crippen MR) is 156 cm³/mol. The molecule has 25 heteroatoms. The fourth-order valence-electron chi connectivity index (χ4n) is 5.51. The van der Waals surface area contributed by atoms with Gasteiger partial charge in [0.1, 0.15) is 48.5 Å². The maximum Gasteiger partial charge on any atom is 0.280 e. The van der Waals surface area contributed by atoms with Crippen molar-refractivity contribution in [1.29, 1.82) is 0 Å². The lowest BCUT2D eigenvalue weighted by Crippen LogP contribution is -2.36. The van der Waals surface area contributed by atoms with Crippen LogP contribution in [0.15, 0.2) is 23.8 Å². The van der Waals surface area contributed by atoms with E-state index < -0.39 is 82.8 Å². The molecule has 4 aromatic heterocycles. The summed E-state index contributed by atoms with van der Waals surface area (Å²) in [7, 11) is -5.72. The zero-order chi connectivity index (χ0) is 31.8. The summed E-state index contributed by atoms with van der Waals surface area (Å²) >= 11 is 0. The smallest absolute Gasteiger partial charge is 0.280 e. The number of nitrogens with one attached hydrogen (secondary N) is 1. The van der Waals surface area contributed by atoms with E-state index in [4.69, 9.17) is 39.0 Å². The first-order valence-corrected chi connectivity index (χ1v) is 17.4. The van der Waals surface area contributed by atoms with Gasteiger partial charge in [-0.3, -0.25) is 28.0 Å². The van der Waals surface area contributed by atoms with Gasteiger partial charge in [-0.05, 0) is 0 Å². The second-order valence-corrected chi connectivity index (χ2v) is 14.8. The molecule has 0 spiro atoms. The summed E-state index contributed by atoms with van der Waals surface area (Å²) in [6.45, 7) is -0.960. The number of aromatic amines is 1. The van der Waals surface area contributed by atoms with E-state index in [9.17, 15) is 24.1 Å².